The molecule has 1 aliphatic rings. The van der Waals surface area contributed by atoms with Crippen LogP contribution in [-0.2, 0) is 16.1 Å². The molecule has 0 unspecified atom stereocenters. The molecular formula is C26H20Br2N2O5. The van der Waals surface area contributed by atoms with Crippen molar-refractivity contribution in [2.75, 3.05) is 0 Å². The van der Waals surface area contributed by atoms with Gasteiger partial charge in [-0.1, -0.05) is 38.1 Å². The van der Waals surface area contributed by atoms with E-state index in [0.717, 1.165) is 5.56 Å². The van der Waals surface area contributed by atoms with Gasteiger partial charge in [0.15, 0.2) is 5.70 Å². The molecule has 1 heterocycles. The number of carbonyl (C=O) groups is 1. The molecule has 0 spiro atoms. The van der Waals surface area contributed by atoms with Gasteiger partial charge < -0.3 is 9.47 Å². The molecule has 7 nitrogen and oxygen atoms in total. The molecule has 0 saturated carbocycles. The van der Waals surface area contributed by atoms with E-state index in [2.05, 4.69) is 50.7 Å². The minimum atomic E-state index is -0.522. The number of halogens is 2. The van der Waals surface area contributed by atoms with Gasteiger partial charge in [0.2, 0.25) is 5.90 Å². The SMILES string of the molecule is CC(C)c1ccc(C2=N/C(=C\c3cc(Br)c(OCc4cccc([N+](=O)[O-])c4)c(Br)c3)C(=O)O2)cc1. The van der Waals surface area contributed by atoms with E-state index in [9.17, 15) is 14.9 Å². The van der Waals surface area contributed by atoms with E-state index in [1.807, 2.05) is 24.3 Å². The normalized spacial score (nSPS) is 14.3. The molecule has 0 N–H and O–H groups in total. The fraction of sp³-hybridized carbons (Fsp3) is 0.154. The molecule has 35 heavy (non-hydrogen) atoms. The lowest BCUT2D eigenvalue weighted by molar-refractivity contribution is -0.384. The van der Waals surface area contributed by atoms with Crippen molar-refractivity contribution in [1.29, 1.82) is 0 Å². The van der Waals surface area contributed by atoms with Crippen LogP contribution in [0.5, 0.6) is 5.75 Å². The first-order chi connectivity index (χ1) is 16.7. The molecule has 178 valence electrons. The third kappa shape index (κ3) is 5.86. The average molecular weight is 600 g/mol. The van der Waals surface area contributed by atoms with Gasteiger partial charge >= 0.3 is 5.97 Å². The van der Waals surface area contributed by atoms with Crippen molar-refractivity contribution in [3.8, 4) is 5.75 Å². The van der Waals surface area contributed by atoms with Crippen molar-refractivity contribution in [3.05, 3.63) is 108 Å². The minimum absolute atomic E-state index is 0.00504. The quantitative estimate of drug-likeness (QED) is 0.124. The predicted molar refractivity (Wildman–Crippen MR) is 140 cm³/mol. The fourth-order valence-corrected chi connectivity index (χ4v) is 4.87. The number of carbonyl (C=O) groups excluding carboxylic acids is 1. The van der Waals surface area contributed by atoms with Crippen LogP contribution in [-0.4, -0.2) is 16.8 Å². The van der Waals surface area contributed by atoms with Crippen LogP contribution in [0.3, 0.4) is 0 Å². The first-order valence-electron chi connectivity index (χ1n) is 10.7. The Morgan fingerprint density at radius 1 is 1.09 bits per heavy atom. The van der Waals surface area contributed by atoms with E-state index in [1.165, 1.54) is 17.7 Å². The van der Waals surface area contributed by atoms with E-state index >= 15 is 0 Å². The summed E-state index contributed by atoms with van der Waals surface area (Å²) < 4.78 is 12.5. The highest BCUT2D eigenvalue weighted by atomic mass is 79.9. The molecule has 0 aromatic heterocycles. The second-order valence-electron chi connectivity index (χ2n) is 8.14. The zero-order chi connectivity index (χ0) is 25.1. The Morgan fingerprint density at radius 2 is 1.77 bits per heavy atom. The third-order valence-corrected chi connectivity index (χ3v) is 6.45. The molecule has 1 aliphatic heterocycles. The van der Waals surface area contributed by atoms with Crippen molar-refractivity contribution in [3.63, 3.8) is 0 Å². The molecule has 3 aromatic carbocycles. The summed E-state index contributed by atoms with van der Waals surface area (Å²) in [4.78, 5) is 27.3. The summed E-state index contributed by atoms with van der Waals surface area (Å²) in [6.45, 7) is 4.38. The number of benzene rings is 3. The third-order valence-electron chi connectivity index (χ3n) is 5.27. The Morgan fingerprint density at radius 3 is 2.40 bits per heavy atom. The number of aliphatic imine (C=N–C) groups is 1. The van der Waals surface area contributed by atoms with E-state index in [-0.39, 0.29) is 23.9 Å². The van der Waals surface area contributed by atoms with Crippen LogP contribution in [0.1, 0.15) is 42.0 Å². The van der Waals surface area contributed by atoms with Gasteiger partial charge in [-0.3, -0.25) is 10.1 Å². The number of ether oxygens (including phenoxy) is 2. The zero-order valence-electron chi connectivity index (χ0n) is 18.8. The van der Waals surface area contributed by atoms with Gasteiger partial charge in [0.25, 0.3) is 5.69 Å². The van der Waals surface area contributed by atoms with Crippen LogP contribution in [0.15, 0.2) is 80.3 Å². The molecule has 0 saturated heterocycles. The molecule has 0 atom stereocenters. The molecule has 4 rings (SSSR count). The first kappa shape index (κ1) is 24.8. The molecule has 0 bridgehead atoms. The molecule has 3 aromatic rings. The standard InChI is InChI=1S/C26H20Br2N2O5/c1-15(2)18-6-8-19(9-7-18)25-29-23(26(31)35-25)13-17-11-21(27)24(22(28)12-17)34-14-16-4-3-5-20(10-16)30(32)33/h3-13,15H,14H2,1-2H3/b23-13-. The molecule has 9 heteroatoms. The largest absolute Gasteiger partial charge is 0.487 e. The summed E-state index contributed by atoms with van der Waals surface area (Å²) >= 11 is 6.99. The molecule has 0 radical (unpaired) electrons. The van der Waals surface area contributed by atoms with Gasteiger partial charge in [-0.25, -0.2) is 9.79 Å². The van der Waals surface area contributed by atoms with Crippen LogP contribution >= 0.6 is 31.9 Å². The number of rotatable bonds is 7. The maximum Gasteiger partial charge on any atom is 0.363 e. The van der Waals surface area contributed by atoms with Gasteiger partial charge in [-0.2, -0.15) is 0 Å². The van der Waals surface area contributed by atoms with Crippen LogP contribution in [0.25, 0.3) is 6.08 Å². The van der Waals surface area contributed by atoms with Crippen LogP contribution in [0.2, 0.25) is 0 Å². The summed E-state index contributed by atoms with van der Waals surface area (Å²) in [5, 5.41) is 11.0. The Hall–Kier alpha value is -3.30. The van der Waals surface area contributed by atoms with Gasteiger partial charge in [-0.05, 0) is 84.8 Å². The maximum absolute atomic E-state index is 12.4. The lowest BCUT2D eigenvalue weighted by Crippen LogP contribution is -2.05. The number of hydrogen-bond acceptors (Lipinski definition) is 6. The summed E-state index contributed by atoms with van der Waals surface area (Å²) in [6.07, 6.45) is 1.64. The number of cyclic esters (lactones) is 1. The second-order valence-corrected chi connectivity index (χ2v) is 9.85. The molecular weight excluding hydrogens is 580 g/mol. The van der Waals surface area contributed by atoms with Crippen LogP contribution < -0.4 is 4.74 Å². The van der Waals surface area contributed by atoms with Crippen LogP contribution in [0.4, 0.5) is 5.69 Å². The van der Waals surface area contributed by atoms with Crippen molar-refractivity contribution in [2.24, 2.45) is 4.99 Å². The Labute approximate surface area is 218 Å². The second kappa shape index (κ2) is 10.5. The van der Waals surface area contributed by atoms with E-state index < -0.39 is 10.9 Å². The molecule has 0 fully saturated rings. The van der Waals surface area contributed by atoms with E-state index in [4.69, 9.17) is 9.47 Å². The number of esters is 1. The van der Waals surface area contributed by atoms with Crippen molar-refractivity contribution in [1.82, 2.24) is 0 Å². The highest BCUT2D eigenvalue weighted by molar-refractivity contribution is 9.11. The smallest absolute Gasteiger partial charge is 0.363 e. The van der Waals surface area contributed by atoms with E-state index in [1.54, 1.807) is 30.3 Å². The van der Waals surface area contributed by atoms with Gasteiger partial charge in [0, 0.05) is 17.7 Å². The highest BCUT2D eigenvalue weighted by Crippen LogP contribution is 2.36. The Kier molecular flexibility index (Phi) is 7.47. The summed E-state index contributed by atoms with van der Waals surface area (Å²) in [6, 6.07) is 17.6. The summed E-state index contributed by atoms with van der Waals surface area (Å²) in [5.74, 6) is 0.683. The van der Waals surface area contributed by atoms with Gasteiger partial charge in [0.05, 0.1) is 13.9 Å². The van der Waals surface area contributed by atoms with Crippen molar-refractivity contribution >= 4 is 55.5 Å². The number of non-ortho nitro benzene ring substituents is 1. The van der Waals surface area contributed by atoms with E-state index in [0.29, 0.717) is 31.7 Å². The minimum Gasteiger partial charge on any atom is -0.487 e. The lowest BCUT2D eigenvalue weighted by atomic mass is 10.0. The Balaban J connectivity index is 1.52. The van der Waals surface area contributed by atoms with Crippen molar-refractivity contribution in [2.45, 2.75) is 26.4 Å². The number of nitro benzene ring substituents is 1. The monoisotopic (exact) mass is 598 g/mol. The van der Waals surface area contributed by atoms with Gasteiger partial charge in [-0.15, -0.1) is 0 Å². The Bertz CT molecular complexity index is 1340. The average Bonchev–Trinajstić information content (AvgIpc) is 3.18. The maximum atomic E-state index is 12.4. The summed E-state index contributed by atoms with van der Waals surface area (Å²) in [7, 11) is 0. The zero-order valence-corrected chi connectivity index (χ0v) is 22.0. The highest BCUT2D eigenvalue weighted by Gasteiger charge is 2.24. The molecule has 0 amide bonds. The fourth-order valence-electron chi connectivity index (χ4n) is 3.42. The first-order valence-corrected chi connectivity index (χ1v) is 12.3. The van der Waals surface area contributed by atoms with Crippen LogP contribution in [0, 0.1) is 10.1 Å². The van der Waals surface area contributed by atoms with Crippen molar-refractivity contribution < 1.29 is 19.2 Å². The predicted octanol–water partition coefficient (Wildman–Crippen LogP) is 7.17. The summed E-state index contributed by atoms with van der Waals surface area (Å²) in [5.41, 5.74) is 3.50. The number of hydrogen-bond donors (Lipinski definition) is 0. The number of nitro groups is 1. The molecule has 0 aliphatic carbocycles. The lowest BCUT2D eigenvalue weighted by Gasteiger charge is -2.11. The number of nitrogens with zero attached hydrogens (tertiary/aromatic N) is 2. The van der Waals surface area contributed by atoms with Gasteiger partial charge in [0.1, 0.15) is 12.4 Å². The topological polar surface area (TPSA) is 91.0 Å².